The minimum absolute atomic E-state index is 0.0215. The molecule has 4 rings (SSSR count). The molecule has 0 unspecified atom stereocenters. The number of nitrogens with zero attached hydrogens (tertiary/aromatic N) is 4. The summed E-state index contributed by atoms with van der Waals surface area (Å²) in [7, 11) is 3.78. The fourth-order valence-electron chi connectivity index (χ4n) is 3.52. The van der Waals surface area contributed by atoms with Crippen LogP contribution in [0.3, 0.4) is 0 Å². The Morgan fingerprint density at radius 1 is 1.04 bits per heavy atom. The van der Waals surface area contributed by atoms with Crippen LogP contribution in [0.2, 0.25) is 0 Å². The van der Waals surface area contributed by atoms with Crippen molar-refractivity contribution in [2.45, 2.75) is 6.61 Å². The van der Waals surface area contributed by atoms with Crippen LogP contribution in [0.25, 0.3) is 0 Å². The van der Waals surface area contributed by atoms with Crippen molar-refractivity contribution in [2.24, 2.45) is 5.16 Å². The Morgan fingerprint density at radius 3 is 2.36 bits per heavy atom. The Hall–Kier alpha value is -3.68. The topological polar surface area (TPSA) is 88.3 Å². The van der Waals surface area contributed by atoms with Gasteiger partial charge >= 0.3 is 0 Å². The first-order valence-electron chi connectivity index (χ1n) is 8.71. The van der Waals surface area contributed by atoms with Gasteiger partial charge in [0.2, 0.25) is 5.78 Å². The molecule has 2 aromatic rings. The average molecular weight is 378 g/mol. The third kappa shape index (κ3) is 2.88. The molecule has 8 nitrogen and oxygen atoms in total. The number of rotatable bonds is 4. The van der Waals surface area contributed by atoms with E-state index in [1.54, 1.807) is 18.2 Å². The van der Waals surface area contributed by atoms with Crippen LogP contribution in [-0.2, 0) is 11.4 Å². The van der Waals surface area contributed by atoms with Gasteiger partial charge in [0.25, 0.3) is 5.69 Å². The monoisotopic (exact) mass is 378 g/mol. The van der Waals surface area contributed by atoms with Crippen LogP contribution in [0.15, 0.2) is 65.1 Å². The van der Waals surface area contributed by atoms with Crippen LogP contribution < -0.4 is 0 Å². The summed E-state index contributed by atoms with van der Waals surface area (Å²) >= 11 is 0. The molecule has 8 heteroatoms. The van der Waals surface area contributed by atoms with E-state index in [2.05, 4.69) is 5.16 Å². The first-order valence-corrected chi connectivity index (χ1v) is 8.71. The molecular formula is C20H18N4O4. The van der Waals surface area contributed by atoms with Crippen LogP contribution in [0.4, 0.5) is 5.69 Å². The van der Waals surface area contributed by atoms with Gasteiger partial charge in [-0.05, 0) is 17.7 Å². The lowest BCUT2D eigenvalue weighted by Gasteiger charge is -2.22. The molecule has 0 N–H and O–H groups in total. The van der Waals surface area contributed by atoms with Gasteiger partial charge in [-0.3, -0.25) is 14.9 Å². The van der Waals surface area contributed by atoms with Crippen molar-refractivity contribution >= 4 is 17.2 Å². The van der Waals surface area contributed by atoms with Crippen molar-refractivity contribution in [3.8, 4) is 0 Å². The van der Waals surface area contributed by atoms with Crippen molar-refractivity contribution in [1.82, 2.24) is 9.80 Å². The van der Waals surface area contributed by atoms with Crippen LogP contribution in [0.1, 0.15) is 21.5 Å². The number of ketones is 1. The Kier molecular flexibility index (Phi) is 4.31. The van der Waals surface area contributed by atoms with E-state index in [0.29, 0.717) is 23.6 Å². The minimum atomic E-state index is -0.443. The van der Waals surface area contributed by atoms with Gasteiger partial charge in [0.1, 0.15) is 18.0 Å². The number of Topliss-reactive ketones (excluding diaryl/α,β-unsaturated/α-hetero) is 1. The molecular weight excluding hydrogens is 360 g/mol. The van der Waals surface area contributed by atoms with Gasteiger partial charge in [0.05, 0.1) is 17.3 Å². The molecule has 28 heavy (non-hydrogen) atoms. The van der Waals surface area contributed by atoms with E-state index in [1.807, 2.05) is 42.1 Å². The predicted molar refractivity (Wildman–Crippen MR) is 103 cm³/mol. The highest BCUT2D eigenvalue weighted by Crippen LogP contribution is 2.33. The molecule has 0 radical (unpaired) electrons. The number of fused-ring (bicyclic) bond motifs is 1. The summed E-state index contributed by atoms with van der Waals surface area (Å²) in [6.45, 7) is 0.755. The largest absolute Gasteiger partial charge is 0.390 e. The zero-order valence-corrected chi connectivity index (χ0v) is 15.5. The van der Waals surface area contributed by atoms with E-state index in [4.69, 9.17) is 4.84 Å². The zero-order chi connectivity index (χ0) is 19.8. The van der Waals surface area contributed by atoms with Gasteiger partial charge in [-0.15, -0.1) is 0 Å². The number of hydrogen-bond acceptors (Lipinski definition) is 7. The highest BCUT2D eigenvalue weighted by Gasteiger charge is 2.39. The molecule has 1 aliphatic carbocycles. The number of carbonyl (C=O) groups is 1. The number of carbonyl (C=O) groups excluding carboxylic acids is 1. The summed E-state index contributed by atoms with van der Waals surface area (Å²) in [5.74, 6) is -0.0215. The summed E-state index contributed by atoms with van der Waals surface area (Å²) in [5, 5.41) is 15.1. The van der Waals surface area contributed by atoms with Gasteiger partial charge in [0, 0.05) is 37.4 Å². The van der Waals surface area contributed by atoms with Crippen molar-refractivity contribution < 1.29 is 14.6 Å². The Bertz CT molecular complexity index is 1030. The Labute approximate surface area is 161 Å². The van der Waals surface area contributed by atoms with E-state index in [-0.39, 0.29) is 18.1 Å². The SMILES string of the molecule is CN1CN(C)C2=C1C(=O)c1ccccc1C2=NOCc1ccc([N+](=O)[O-])cc1. The highest BCUT2D eigenvalue weighted by atomic mass is 16.6. The highest BCUT2D eigenvalue weighted by molar-refractivity contribution is 6.28. The molecule has 0 amide bonds. The molecule has 0 fully saturated rings. The molecule has 142 valence electrons. The van der Waals surface area contributed by atoms with Crippen molar-refractivity contribution in [3.63, 3.8) is 0 Å². The summed E-state index contributed by atoms with van der Waals surface area (Å²) < 4.78 is 0. The predicted octanol–water partition coefficient (Wildman–Crippen LogP) is 2.76. The van der Waals surface area contributed by atoms with Gasteiger partial charge < -0.3 is 14.6 Å². The standard InChI is InChI=1S/C20H18N4O4/c1-22-12-23(2)19-18(22)17(15-5-3-4-6-16(15)20(19)25)21-28-11-13-7-9-14(10-8-13)24(26)27/h3-10H,11-12H2,1-2H3. The number of nitro benzene ring substituents is 1. The molecule has 1 heterocycles. The van der Waals surface area contributed by atoms with Gasteiger partial charge in [-0.25, -0.2) is 0 Å². The fraction of sp³-hybridized carbons (Fsp3) is 0.200. The van der Waals surface area contributed by atoms with Crippen molar-refractivity contribution in [2.75, 3.05) is 20.8 Å². The average Bonchev–Trinajstić information content (AvgIpc) is 2.99. The second kappa shape index (κ2) is 6.80. The van der Waals surface area contributed by atoms with Crippen LogP contribution in [-0.4, -0.2) is 47.0 Å². The fourth-order valence-corrected chi connectivity index (χ4v) is 3.52. The van der Waals surface area contributed by atoms with E-state index in [0.717, 1.165) is 16.8 Å². The summed E-state index contributed by atoms with van der Waals surface area (Å²) in [4.78, 5) is 32.7. The molecule has 0 aromatic heterocycles. The maximum Gasteiger partial charge on any atom is 0.269 e. The maximum absolute atomic E-state index is 12.9. The van der Waals surface area contributed by atoms with Crippen molar-refractivity contribution in [3.05, 3.63) is 86.7 Å². The quantitative estimate of drug-likeness (QED) is 0.600. The molecule has 0 bridgehead atoms. The van der Waals surface area contributed by atoms with Gasteiger partial charge in [0.15, 0.2) is 0 Å². The summed E-state index contributed by atoms with van der Waals surface area (Å²) in [6, 6.07) is 13.5. The first kappa shape index (κ1) is 17.7. The molecule has 1 aliphatic heterocycles. The lowest BCUT2D eigenvalue weighted by molar-refractivity contribution is -0.384. The number of allylic oxidation sites excluding steroid dienone is 2. The lowest BCUT2D eigenvalue weighted by Crippen LogP contribution is -2.27. The lowest BCUT2D eigenvalue weighted by atomic mass is 9.90. The zero-order valence-electron chi connectivity index (χ0n) is 15.5. The number of hydrogen-bond donors (Lipinski definition) is 0. The van der Waals surface area contributed by atoms with Crippen molar-refractivity contribution in [1.29, 1.82) is 0 Å². The Morgan fingerprint density at radius 2 is 1.68 bits per heavy atom. The molecule has 2 aromatic carbocycles. The molecule has 2 aliphatic rings. The smallest absolute Gasteiger partial charge is 0.269 e. The van der Waals surface area contributed by atoms with Crippen LogP contribution in [0, 0.1) is 10.1 Å². The van der Waals surface area contributed by atoms with E-state index in [9.17, 15) is 14.9 Å². The molecule has 0 spiro atoms. The van der Waals surface area contributed by atoms with Gasteiger partial charge in [-0.1, -0.05) is 29.4 Å². The summed E-state index contributed by atoms with van der Waals surface area (Å²) in [5.41, 5.74) is 4.09. The Balaban J connectivity index is 1.65. The second-order valence-corrected chi connectivity index (χ2v) is 6.75. The second-order valence-electron chi connectivity index (χ2n) is 6.75. The maximum atomic E-state index is 12.9. The number of nitro groups is 1. The van der Waals surface area contributed by atoms with Gasteiger partial charge in [-0.2, -0.15) is 0 Å². The third-order valence-electron chi connectivity index (χ3n) is 4.81. The van der Waals surface area contributed by atoms with Crippen LogP contribution >= 0.6 is 0 Å². The summed E-state index contributed by atoms with van der Waals surface area (Å²) in [6.07, 6.45) is 0. The van der Waals surface area contributed by atoms with Crippen LogP contribution in [0.5, 0.6) is 0 Å². The number of non-ortho nitro benzene ring substituents is 1. The normalized spacial score (nSPS) is 17.1. The third-order valence-corrected chi connectivity index (χ3v) is 4.81. The van der Waals surface area contributed by atoms with E-state index >= 15 is 0 Å². The number of benzene rings is 2. The number of oxime groups is 1. The molecule has 0 saturated heterocycles. The first-order chi connectivity index (χ1) is 13.5. The minimum Gasteiger partial charge on any atom is -0.390 e. The molecule has 0 atom stereocenters. The molecule has 0 saturated carbocycles. The van der Waals surface area contributed by atoms with E-state index in [1.165, 1.54) is 12.1 Å². The number of likely N-dealkylation sites (N-methyl/N-ethyl adjacent to an activating group) is 2. The van der Waals surface area contributed by atoms with E-state index < -0.39 is 4.92 Å².